The van der Waals surface area contributed by atoms with Crippen LogP contribution in [0.3, 0.4) is 0 Å². The Labute approximate surface area is 121 Å². The summed E-state index contributed by atoms with van der Waals surface area (Å²) in [5.74, 6) is 0. The van der Waals surface area contributed by atoms with E-state index in [4.69, 9.17) is 14.2 Å². The van der Waals surface area contributed by atoms with E-state index in [1.165, 1.54) is 12.8 Å². The topological polar surface area (TPSA) is 43.0 Å². The number of likely N-dealkylation sites (N-methyl/N-ethyl adjacent to an activating group) is 1. The summed E-state index contributed by atoms with van der Waals surface area (Å²) in [5, 5.41) is 3.59. The molecule has 5 unspecified atom stereocenters. The standard InChI is InChI=1S/C15H28N2O3/c1-3-18-10-11-5-4-6-14(19-11)20-13-9-17(2)12-7-8-16-15(12)13/h11-16H,3-10H2,1-2H3. The van der Waals surface area contributed by atoms with Gasteiger partial charge in [0.05, 0.1) is 24.9 Å². The van der Waals surface area contributed by atoms with E-state index < -0.39 is 0 Å². The minimum Gasteiger partial charge on any atom is -0.379 e. The van der Waals surface area contributed by atoms with Crippen LogP contribution in [0.2, 0.25) is 0 Å². The Balaban J connectivity index is 1.50. The monoisotopic (exact) mass is 284 g/mol. The Morgan fingerprint density at radius 2 is 2.20 bits per heavy atom. The first-order valence-corrected chi connectivity index (χ1v) is 8.10. The van der Waals surface area contributed by atoms with Crippen molar-refractivity contribution >= 4 is 0 Å². The van der Waals surface area contributed by atoms with Crippen LogP contribution in [0.1, 0.15) is 32.6 Å². The second-order valence-electron chi connectivity index (χ2n) is 6.23. The summed E-state index contributed by atoms with van der Waals surface area (Å²) >= 11 is 0. The van der Waals surface area contributed by atoms with E-state index in [2.05, 4.69) is 17.3 Å². The lowest BCUT2D eigenvalue weighted by Gasteiger charge is -2.32. The largest absolute Gasteiger partial charge is 0.379 e. The van der Waals surface area contributed by atoms with Gasteiger partial charge in [0.25, 0.3) is 0 Å². The summed E-state index contributed by atoms with van der Waals surface area (Å²) in [7, 11) is 2.20. The van der Waals surface area contributed by atoms with Crippen molar-refractivity contribution in [3.05, 3.63) is 0 Å². The molecule has 3 saturated heterocycles. The Bertz CT molecular complexity index is 315. The summed E-state index contributed by atoms with van der Waals surface area (Å²) in [4.78, 5) is 2.43. The van der Waals surface area contributed by atoms with Gasteiger partial charge in [-0.25, -0.2) is 0 Å². The second-order valence-corrected chi connectivity index (χ2v) is 6.23. The Morgan fingerprint density at radius 3 is 3.05 bits per heavy atom. The molecule has 116 valence electrons. The van der Waals surface area contributed by atoms with Gasteiger partial charge in [0.15, 0.2) is 6.29 Å². The number of nitrogens with one attached hydrogen (secondary N) is 1. The highest BCUT2D eigenvalue weighted by Gasteiger charge is 2.44. The molecule has 3 heterocycles. The minimum atomic E-state index is -0.0474. The van der Waals surface area contributed by atoms with Crippen molar-refractivity contribution in [1.29, 1.82) is 0 Å². The van der Waals surface area contributed by atoms with Crippen LogP contribution in [-0.2, 0) is 14.2 Å². The predicted octanol–water partition coefficient (Wildman–Crippen LogP) is 0.979. The Kier molecular flexibility index (Phi) is 4.94. The predicted molar refractivity (Wildman–Crippen MR) is 76.7 cm³/mol. The number of ether oxygens (including phenoxy) is 3. The lowest BCUT2D eigenvalue weighted by atomic mass is 10.1. The zero-order valence-electron chi connectivity index (χ0n) is 12.7. The molecule has 5 nitrogen and oxygen atoms in total. The maximum Gasteiger partial charge on any atom is 0.158 e. The zero-order chi connectivity index (χ0) is 13.9. The first-order chi connectivity index (χ1) is 9.78. The van der Waals surface area contributed by atoms with Crippen molar-refractivity contribution in [2.45, 2.75) is 63.2 Å². The molecule has 0 aromatic rings. The molecule has 3 aliphatic rings. The molecule has 0 amide bonds. The summed E-state index contributed by atoms with van der Waals surface area (Å²) < 4.78 is 17.8. The van der Waals surface area contributed by atoms with E-state index in [-0.39, 0.29) is 18.5 Å². The van der Waals surface area contributed by atoms with Crippen LogP contribution in [0.25, 0.3) is 0 Å². The van der Waals surface area contributed by atoms with E-state index in [0.717, 1.165) is 32.5 Å². The van der Waals surface area contributed by atoms with Gasteiger partial charge >= 0.3 is 0 Å². The van der Waals surface area contributed by atoms with Crippen molar-refractivity contribution in [3.63, 3.8) is 0 Å². The van der Waals surface area contributed by atoms with E-state index in [0.29, 0.717) is 18.7 Å². The lowest BCUT2D eigenvalue weighted by Crippen LogP contribution is -2.43. The molecule has 5 heteroatoms. The molecule has 20 heavy (non-hydrogen) atoms. The van der Waals surface area contributed by atoms with Gasteiger partial charge in [0, 0.05) is 19.2 Å². The molecule has 0 bridgehead atoms. The average Bonchev–Trinajstić information content (AvgIpc) is 3.03. The molecule has 3 aliphatic heterocycles. The van der Waals surface area contributed by atoms with E-state index in [9.17, 15) is 0 Å². The van der Waals surface area contributed by atoms with E-state index >= 15 is 0 Å². The molecule has 0 aromatic heterocycles. The van der Waals surface area contributed by atoms with E-state index in [1.54, 1.807) is 0 Å². The van der Waals surface area contributed by atoms with Gasteiger partial charge in [-0.1, -0.05) is 0 Å². The number of hydrogen-bond acceptors (Lipinski definition) is 5. The highest BCUT2D eigenvalue weighted by Crippen LogP contribution is 2.29. The van der Waals surface area contributed by atoms with Gasteiger partial charge in [-0.2, -0.15) is 0 Å². The number of fused-ring (bicyclic) bond motifs is 1. The van der Waals surface area contributed by atoms with Crippen molar-refractivity contribution in [1.82, 2.24) is 10.2 Å². The fourth-order valence-electron chi connectivity index (χ4n) is 3.78. The molecule has 1 N–H and O–H groups in total. The molecule has 3 fully saturated rings. The van der Waals surface area contributed by atoms with Gasteiger partial charge < -0.3 is 19.5 Å². The summed E-state index contributed by atoms with van der Waals surface area (Å²) in [6.07, 6.45) is 4.94. The summed E-state index contributed by atoms with van der Waals surface area (Å²) in [6, 6.07) is 1.12. The smallest absolute Gasteiger partial charge is 0.158 e. The molecule has 3 rings (SSSR count). The van der Waals surface area contributed by atoms with Gasteiger partial charge in [-0.15, -0.1) is 0 Å². The number of hydrogen-bond donors (Lipinski definition) is 1. The Hall–Kier alpha value is -0.200. The average molecular weight is 284 g/mol. The van der Waals surface area contributed by atoms with Crippen LogP contribution in [0.5, 0.6) is 0 Å². The fourth-order valence-corrected chi connectivity index (χ4v) is 3.78. The lowest BCUT2D eigenvalue weighted by molar-refractivity contribution is -0.223. The van der Waals surface area contributed by atoms with Gasteiger partial charge in [0.1, 0.15) is 0 Å². The quantitative estimate of drug-likeness (QED) is 0.815. The van der Waals surface area contributed by atoms with Crippen molar-refractivity contribution in [3.8, 4) is 0 Å². The van der Waals surface area contributed by atoms with Crippen LogP contribution in [0.15, 0.2) is 0 Å². The molecule has 0 spiro atoms. The Morgan fingerprint density at radius 1 is 1.30 bits per heavy atom. The van der Waals surface area contributed by atoms with Gasteiger partial charge in [-0.3, -0.25) is 4.90 Å². The van der Waals surface area contributed by atoms with Crippen molar-refractivity contribution in [2.75, 3.05) is 33.4 Å². The van der Waals surface area contributed by atoms with Gasteiger partial charge in [0.2, 0.25) is 0 Å². The normalized spacial score (nSPS) is 42.0. The summed E-state index contributed by atoms with van der Waals surface area (Å²) in [5.41, 5.74) is 0. The van der Waals surface area contributed by atoms with Crippen LogP contribution in [-0.4, -0.2) is 68.8 Å². The first kappa shape index (κ1) is 14.7. The number of rotatable bonds is 5. The van der Waals surface area contributed by atoms with Crippen LogP contribution in [0.4, 0.5) is 0 Å². The van der Waals surface area contributed by atoms with Crippen molar-refractivity contribution in [2.24, 2.45) is 0 Å². The summed E-state index contributed by atoms with van der Waals surface area (Å²) in [6.45, 7) is 5.60. The molecular formula is C15H28N2O3. The minimum absolute atomic E-state index is 0.0474. The molecule has 0 aliphatic carbocycles. The van der Waals surface area contributed by atoms with E-state index in [1.807, 2.05) is 6.92 Å². The first-order valence-electron chi connectivity index (χ1n) is 8.10. The van der Waals surface area contributed by atoms with Gasteiger partial charge in [-0.05, 0) is 46.2 Å². The van der Waals surface area contributed by atoms with Crippen molar-refractivity contribution < 1.29 is 14.2 Å². The molecule has 5 atom stereocenters. The van der Waals surface area contributed by atoms with Crippen LogP contribution < -0.4 is 5.32 Å². The maximum absolute atomic E-state index is 6.26. The SMILES string of the molecule is CCOCC1CCCC(OC2CN(C)C3CCNC23)O1. The molecular weight excluding hydrogens is 256 g/mol. The molecule has 0 saturated carbocycles. The fraction of sp³-hybridized carbons (Fsp3) is 1.00. The zero-order valence-corrected chi connectivity index (χ0v) is 12.7. The third-order valence-electron chi connectivity index (χ3n) is 4.81. The highest BCUT2D eigenvalue weighted by molar-refractivity contribution is 5.02. The highest BCUT2D eigenvalue weighted by atomic mass is 16.7. The number of nitrogens with zero attached hydrogens (tertiary/aromatic N) is 1. The maximum atomic E-state index is 6.26. The third kappa shape index (κ3) is 3.17. The molecule has 0 aromatic carbocycles. The van der Waals surface area contributed by atoms with Crippen LogP contribution in [0, 0.1) is 0 Å². The third-order valence-corrected chi connectivity index (χ3v) is 4.81. The molecule has 0 radical (unpaired) electrons. The van der Waals surface area contributed by atoms with Crippen LogP contribution >= 0.6 is 0 Å². The second kappa shape index (κ2) is 6.71. The number of likely N-dealkylation sites (tertiary alicyclic amines) is 1.